The van der Waals surface area contributed by atoms with Crippen molar-refractivity contribution in [3.8, 4) is 17.1 Å². The van der Waals surface area contributed by atoms with Gasteiger partial charge in [0.15, 0.2) is 0 Å². The molecule has 1 aliphatic heterocycles. The number of H-pyrrole nitrogens is 1. The van der Waals surface area contributed by atoms with Gasteiger partial charge in [-0.1, -0.05) is 0 Å². The molecule has 0 spiro atoms. The molecule has 31 heavy (non-hydrogen) atoms. The maximum atomic E-state index is 12.7. The molecule has 2 aromatic heterocycles. The molecule has 1 fully saturated rings. The number of carbonyl (C=O) groups is 1. The molecule has 1 amide bonds. The summed E-state index contributed by atoms with van der Waals surface area (Å²) in [5, 5.41) is 0. The van der Waals surface area contributed by atoms with E-state index in [1.165, 1.54) is 0 Å². The third-order valence-corrected chi connectivity index (χ3v) is 5.64. The van der Waals surface area contributed by atoms with Crippen LogP contribution < -0.4 is 15.2 Å². The van der Waals surface area contributed by atoms with Crippen LogP contribution in [-0.2, 0) is 0 Å². The lowest BCUT2D eigenvalue weighted by Gasteiger charge is -2.35. The van der Waals surface area contributed by atoms with Gasteiger partial charge in [0, 0.05) is 54.8 Å². The van der Waals surface area contributed by atoms with E-state index in [9.17, 15) is 9.59 Å². The van der Waals surface area contributed by atoms with Crippen molar-refractivity contribution >= 4 is 11.7 Å². The Morgan fingerprint density at radius 2 is 1.74 bits per heavy atom. The molecule has 160 valence electrons. The highest BCUT2D eigenvalue weighted by molar-refractivity contribution is 5.94. The van der Waals surface area contributed by atoms with Crippen LogP contribution in [0.3, 0.4) is 0 Å². The van der Waals surface area contributed by atoms with Gasteiger partial charge < -0.3 is 19.5 Å². The van der Waals surface area contributed by atoms with Crippen molar-refractivity contribution in [3.63, 3.8) is 0 Å². The molecule has 1 N–H and O–H groups in total. The topological polar surface area (TPSA) is 91.4 Å². The molecule has 0 saturated carbocycles. The van der Waals surface area contributed by atoms with E-state index in [-0.39, 0.29) is 11.5 Å². The monoisotopic (exact) mass is 419 g/mol. The number of aromatic nitrogens is 3. The van der Waals surface area contributed by atoms with Crippen LogP contribution in [-0.4, -0.2) is 59.0 Å². The summed E-state index contributed by atoms with van der Waals surface area (Å²) >= 11 is 0. The van der Waals surface area contributed by atoms with Crippen molar-refractivity contribution in [2.24, 2.45) is 0 Å². The second kappa shape index (κ2) is 8.59. The lowest BCUT2D eigenvalue weighted by Crippen LogP contribution is -2.49. The Hall–Kier alpha value is -3.68. The van der Waals surface area contributed by atoms with Crippen molar-refractivity contribution in [1.29, 1.82) is 0 Å². The van der Waals surface area contributed by atoms with Gasteiger partial charge in [0.25, 0.3) is 11.5 Å². The molecule has 3 aromatic rings. The maximum Gasteiger partial charge on any atom is 0.254 e. The second-order valence-electron chi connectivity index (χ2n) is 7.54. The van der Waals surface area contributed by atoms with Crippen LogP contribution in [0.15, 0.2) is 47.4 Å². The lowest BCUT2D eigenvalue weighted by atomic mass is 10.1. The number of aromatic amines is 1. The van der Waals surface area contributed by atoms with Crippen molar-refractivity contribution in [2.75, 3.05) is 38.2 Å². The van der Waals surface area contributed by atoms with Gasteiger partial charge in [-0.15, -0.1) is 0 Å². The van der Waals surface area contributed by atoms with Gasteiger partial charge in [-0.2, -0.15) is 0 Å². The largest absolute Gasteiger partial charge is 0.497 e. The van der Waals surface area contributed by atoms with E-state index in [2.05, 4.69) is 19.9 Å². The number of aryl methyl sites for hydroxylation is 1. The summed E-state index contributed by atoms with van der Waals surface area (Å²) in [6, 6.07) is 11.0. The van der Waals surface area contributed by atoms with Crippen LogP contribution >= 0.6 is 0 Å². The van der Waals surface area contributed by atoms with Gasteiger partial charge in [0.05, 0.1) is 7.11 Å². The summed E-state index contributed by atoms with van der Waals surface area (Å²) < 4.78 is 5.15. The Kier molecular flexibility index (Phi) is 5.70. The Morgan fingerprint density at radius 3 is 2.32 bits per heavy atom. The molecule has 8 heteroatoms. The minimum absolute atomic E-state index is 0.0235. The number of amides is 1. The van der Waals surface area contributed by atoms with Gasteiger partial charge in [0.1, 0.15) is 17.4 Å². The number of hydrogen-bond donors (Lipinski definition) is 1. The molecule has 8 nitrogen and oxygen atoms in total. The molecular formula is C23H25N5O3. The second-order valence-corrected chi connectivity index (χ2v) is 7.54. The van der Waals surface area contributed by atoms with E-state index < -0.39 is 0 Å². The molecule has 0 atom stereocenters. The first-order valence-electron chi connectivity index (χ1n) is 10.2. The number of carbonyl (C=O) groups excluding carboxylic acids is 1. The number of ether oxygens (including phenoxy) is 1. The Morgan fingerprint density at radius 1 is 1.03 bits per heavy atom. The number of rotatable bonds is 4. The van der Waals surface area contributed by atoms with E-state index in [4.69, 9.17) is 4.74 Å². The summed E-state index contributed by atoms with van der Waals surface area (Å²) in [6.45, 7) is 6.23. The maximum absolute atomic E-state index is 12.7. The van der Waals surface area contributed by atoms with Crippen LogP contribution in [0.1, 0.15) is 21.6 Å². The number of pyridine rings is 1. The van der Waals surface area contributed by atoms with E-state index in [0.717, 1.165) is 17.1 Å². The van der Waals surface area contributed by atoms with Crippen LogP contribution in [0, 0.1) is 13.8 Å². The summed E-state index contributed by atoms with van der Waals surface area (Å²) in [4.78, 5) is 40.6. The summed E-state index contributed by atoms with van der Waals surface area (Å²) in [7, 11) is 1.61. The number of methoxy groups -OCH3 is 1. The zero-order chi connectivity index (χ0) is 22.0. The molecule has 4 rings (SSSR count). The fraction of sp³-hybridized carbons (Fsp3) is 0.304. The third kappa shape index (κ3) is 4.28. The molecule has 1 saturated heterocycles. The summed E-state index contributed by atoms with van der Waals surface area (Å²) in [5.74, 6) is 2.11. The van der Waals surface area contributed by atoms with E-state index in [0.29, 0.717) is 48.8 Å². The Bertz CT molecular complexity index is 1130. The fourth-order valence-electron chi connectivity index (χ4n) is 3.55. The van der Waals surface area contributed by atoms with Gasteiger partial charge in [-0.3, -0.25) is 9.59 Å². The van der Waals surface area contributed by atoms with E-state index in [1.807, 2.05) is 24.0 Å². The lowest BCUT2D eigenvalue weighted by molar-refractivity contribution is 0.0746. The normalized spacial score (nSPS) is 13.9. The Labute approximate surface area is 180 Å². The van der Waals surface area contributed by atoms with E-state index >= 15 is 0 Å². The minimum Gasteiger partial charge on any atom is -0.497 e. The molecule has 1 aromatic carbocycles. The minimum atomic E-state index is -0.135. The van der Waals surface area contributed by atoms with Crippen LogP contribution in [0.5, 0.6) is 5.75 Å². The quantitative estimate of drug-likeness (QED) is 0.698. The first-order valence-corrected chi connectivity index (χ1v) is 10.2. The molecule has 0 radical (unpaired) electrons. The molecule has 0 aliphatic carbocycles. The predicted molar refractivity (Wildman–Crippen MR) is 119 cm³/mol. The average molecular weight is 419 g/mol. The number of anilines is 1. The molecular weight excluding hydrogens is 394 g/mol. The zero-order valence-corrected chi connectivity index (χ0v) is 17.9. The van der Waals surface area contributed by atoms with Gasteiger partial charge in [0.2, 0.25) is 0 Å². The smallest absolute Gasteiger partial charge is 0.254 e. The zero-order valence-electron chi connectivity index (χ0n) is 17.9. The van der Waals surface area contributed by atoms with Crippen LogP contribution in [0.4, 0.5) is 5.82 Å². The van der Waals surface area contributed by atoms with Gasteiger partial charge in [-0.25, -0.2) is 9.97 Å². The highest BCUT2D eigenvalue weighted by Gasteiger charge is 2.23. The van der Waals surface area contributed by atoms with Crippen molar-refractivity contribution in [3.05, 3.63) is 69.8 Å². The molecule has 0 bridgehead atoms. The van der Waals surface area contributed by atoms with Crippen molar-refractivity contribution in [2.45, 2.75) is 13.8 Å². The fourth-order valence-corrected chi connectivity index (χ4v) is 3.55. The number of benzene rings is 1. The number of nitrogens with zero attached hydrogens (tertiary/aromatic N) is 4. The Balaban J connectivity index is 1.41. The first kappa shape index (κ1) is 20.6. The highest BCUT2D eigenvalue weighted by Crippen LogP contribution is 2.20. The first-order chi connectivity index (χ1) is 15.0. The van der Waals surface area contributed by atoms with Crippen molar-refractivity contribution in [1.82, 2.24) is 19.9 Å². The average Bonchev–Trinajstić information content (AvgIpc) is 2.82. The van der Waals surface area contributed by atoms with Crippen LogP contribution in [0.2, 0.25) is 0 Å². The van der Waals surface area contributed by atoms with Gasteiger partial charge in [-0.05, 0) is 50.2 Å². The van der Waals surface area contributed by atoms with Gasteiger partial charge >= 0.3 is 0 Å². The molecule has 1 aliphatic rings. The van der Waals surface area contributed by atoms with Crippen molar-refractivity contribution < 1.29 is 9.53 Å². The number of piperazine rings is 1. The standard InChI is InChI=1S/C23H25N5O3/c1-15-16(2)25-21(26-22(15)29)18-6-9-20(24-14-18)27-10-12-28(13-11-27)23(30)17-4-7-19(31-3)8-5-17/h4-9,14H,10-13H2,1-3H3,(H,25,26,29). The predicted octanol–water partition coefficient (Wildman–Crippen LogP) is 2.42. The van der Waals surface area contributed by atoms with E-state index in [1.54, 1.807) is 44.5 Å². The SMILES string of the molecule is COc1ccc(C(=O)N2CCN(c3ccc(-c4nc(C)c(C)c(=O)[nH]4)cn3)CC2)cc1. The number of nitrogens with one attached hydrogen (secondary N) is 1. The molecule has 0 unspecified atom stereocenters. The highest BCUT2D eigenvalue weighted by atomic mass is 16.5. The third-order valence-electron chi connectivity index (χ3n) is 5.64. The summed E-state index contributed by atoms with van der Waals surface area (Å²) in [6.07, 6.45) is 1.72. The molecule has 3 heterocycles. The summed E-state index contributed by atoms with van der Waals surface area (Å²) in [5.41, 5.74) is 2.61. The number of hydrogen-bond acceptors (Lipinski definition) is 6. The van der Waals surface area contributed by atoms with Crippen LogP contribution in [0.25, 0.3) is 11.4 Å².